The number of likely N-dealkylation sites (tertiary alicyclic amines) is 1. The van der Waals surface area contributed by atoms with Gasteiger partial charge in [-0.1, -0.05) is 23.7 Å². The van der Waals surface area contributed by atoms with Crippen LogP contribution in [0, 0.1) is 17.7 Å². The molecule has 4 atom stereocenters. The average molecular weight is 491 g/mol. The molecule has 2 aliphatic carbocycles. The fraction of sp³-hybridized carbons (Fsp3) is 0.417. The second kappa shape index (κ2) is 7.53. The maximum atomic E-state index is 14.4. The third-order valence-electron chi connectivity index (χ3n) is 7.38. The van der Waals surface area contributed by atoms with Crippen LogP contribution in [0.2, 0.25) is 5.02 Å². The molecule has 33 heavy (non-hydrogen) atoms. The number of rotatable bonds is 6. The molecule has 0 bridgehead atoms. The maximum absolute atomic E-state index is 14.4. The minimum absolute atomic E-state index is 0.0306. The highest BCUT2D eigenvalue weighted by atomic mass is 35.5. The van der Waals surface area contributed by atoms with E-state index in [1.807, 2.05) is 0 Å². The monoisotopic (exact) mass is 490 g/mol. The Bertz CT molecular complexity index is 1280. The summed E-state index contributed by atoms with van der Waals surface area (Å²) in [5, 5.41) is 0.0325. The number of piperidine rings is 1. The van der Waals surface area contributed by atoms with Crippen molar-refractivity contribution in [2.24, 2.45) is 17.6 Å². The first-order chi connectivity index (χ1) is 15.5. The molecule has 174 valence electrons. The third-order valence-corrected chi connectivity index (χ3v) is 8.80. The number of nitrogens with zero attached hydrogens (tertiary/aromatic N) is 1. The van der Waals surface area contributed by atoms with E-state index in [4.69, 9.17) is 17.3 Å². The Kier molecular flexibility index (Phi) is 5.10. The summed E-state index contributed by atoms with van der Waals surface area (Å²) in [5.41, 5.74) is 6.01. The van der Waals surface area contributed by atoms with Gasteiger partial charge >= 0.3 is 0 Å². The van der Waals surface area contributed by atoms with Gasteiger partial charge in [-0.2, -0.15) is 0 Å². The van der Waals surface area contributed by atoms with Crippen molar-refractivity contribution in [3.63, 3.8) is 0 Å². The van der Waals surface area contributed by atoms with Crippen LogP contribution in [0.3, 0.4) is 0 Å². The Hall–Kier alpha value is -2.45. The molecule has 1 saturated heterocycles. The second-order valence-electron chi connectivity index (χ2n) is 9.51. The summed E-state index contributed by atoms with van der Waals surface area (Å²) in [6, 6.07) is 9.79. The van der Waals surface area contributed by atoms with Crippen LogP contribution in [0.1, 0.15) is 47.5 Å². The fourth-order valence-corrected chi connectivity index (χ4v) is 6.58. The van der Waals surface area contributed by atoms with Gasteiger partial charge in [-0.05, 0) is 73.4 Å². The molecule has 3 unspecified atom stereocenters. The van der Waals surface area contributed by atoms with Gasteiger partial charge in [0.1, 0.15) is 11.9 Å². The Balaban J connectivity index is 1.60. The number of carbonyl (C=O) groups excluding carboxylic acids is 2. The quantitative estimate of drug-likeness (QED) is 0.669. The molecule has 9 heteroatoms. The summed E-state index contributed by atoms with van der Waals surface area (Å²) < 4.78 is 38.5. The highest BCUT2D eigenvalue weighted by Crippen LogP contribution is 2.69. The number of halogens is 2. The topological polar surface area (TPSA) is 97.5 Å². The van der Waals surface area contributed by atoms with Gasteiger partial charge in [0, 0.05) is 17.7 Å². The highest BCUT2D eigenvalue weighted by Gasteiger charge is 2.72. The normalized spacial score (nSPS) is 27.2. The second-order valence-corrected chi connectivity index (χ2v) is 11.9. The number of nitrogens with two attached hydrogens (primary N) is 1. The van der Waals surface area contributed by atoms with Gasteiger partial charge in [-0.3, -0.25) is 9.59 Å². The number of fused-ring (bicyclic) bond motifs is 1. The number of amides is 2. The summed E-state index contributed by atoms with van der Waals surface area (Å²) in [6.45, 7) is 0. The van der Waals surface area contributed by atoms with Crippen molar-refractivity contribution < 1.29 is 22.4 Å². The van der Waals surface area contributed by atoms with Crippen LogP contribution in [-0.2, 0) is 14.6 Å². The Labute approximate surface area is 196 Å². The van der Waals surface area contributed by atoms with Crippen molar-refractivity contribution in [3.8, 4) is 0 Å². The fourth-order valence-electron chi connectivity index (χ4n) is 5.79. The predicted molar refractivity (Wildman–Crippen MR) is 121 cm³/mol. The van der Waals surface area contributed by atoms with Crippen molar-refractivity contribution in [1.29, 1.82) is 0 Å². The Morgan fingerprint density at radius 1 is 1.21 bits per heavy atom. The van der Waals surface area contributed by atoms with Gasteiger partial charge < -0.3 is 10.6 Å². The van der Waals surface area contributed by atoms with Crippen molar-refractivity contribution in [1.82, 2.24) is 4.90 Å². The molecule has 1 heterocycles. The molecule has 5 rings (SSSR count). The van der Waals surface area contributed by atoms with Crippen molar-refractivity contribution in [2.45, 2.75) is 48.1 Å². The van der Waals surface area contributed by atoms with Crippen LogP contribution in [0.4, 0.5) is 4.39 Å². The van der Waals surface area contributed by atoms with Gasteiger partial charge in [0.2, 0.25) is 5.91 Å². The van der Waals surface area contributed by atoms with Gasteiger partial charge in [-0.15, -0.1) is 0 Å². The lowest BCUT2D eigenvalue weighted by atomic mass is 9.83. The van der Waals surface area contributed by atoms with Crippen LogP contribution in [-0.4, -0.2) is 43.0 Å². The maximum Gasteiger partial charge on any atom is 0.255 e. The standard InChI is InChI=1S/C24H24ClFN2O4S/c1-33(31,32)17-4-2-3-15(9-17)23(30)28-20(22(27)29)11-16-12-24(16,28)21(13-5-6-13)14-7-8-18(25)19(26)10-14/h2-4,7-10,13,16,20-21H,5-6,11-12H2,1H3,(H2,27,29)/t16?,20?,21-,24?/m1/s1. The van der Waals surface area contributed by atoms with E-state index in [9.17, 15) is 22.4 Å². The largest absolute Gasteiger partial charge is 0.368 e. The van der Waals surface area contributed by atoms with Gasteiger partial charge in [-0.25, -0.2) is 12.8 Å². The number of sulfone groups is 1. The van der Waals surface area contributed by atoms with E-state index in [1.165, 1.54) is 30.3 Å². The van der Waals surface area contributed by atoms with E-state index < -0.39 is 39.0 Å². The molecule has 3 fully saturated rings. The van der Waals surface area contributed by atoms with Crippen molar-refractivity contribution in [3.05, 3.63) is 64.4 Å². The molecule has 2 amide bonds. The zero-order valence-electron chi connectivity index (χ0n) is 18.0. The molecule has 2 saturated carbocycles. The predicted octanol–water partition coefficient (Wildman–Crippen LogP) is 3.53. The molecule has 2 aromatic carbocycles. The van der Waals surface area contributed by atoms with E-state index in [-0.39, 0.29) is 33.2 Å². The van der Waals surface area contributed by atoms with Crippen LogP contribution in [0.5, 0.6) is 0 Å². The average Bonchev–Trinajstić information content (AvgIpc) is 3.68. The SMILES string of the molecule is CS(=O)(=O)c1cccc(C(=O)N2C(C(N)=O)CC3CC32[C@@H](c2ccc(Cl)c(F)c2)C2CC2)c1. The molecule has 0 radical (unpaired) electrons. The minimum atomic E-state index is -3.52. The van der Waals surface area contributed by atoms with Gasteiger partial charge in [0.15, 0.2) is 9.84 Å². The first-order valence-electron chi connectivity index (χ1n) is 10.9. The molecular weight excluding hydrogens is 467 g/mol. The zero-order chi connectivity index (χ0) is 23.7. The summed E-state index contributed by atoms with van der Waals surface area (Å²) >= 11 is 5.91. The summed E-state index contributed by atoms with van der Waals surface area (Å²) in [4.78, 5) is 27.8. The molecule has 0 aromatic heterocycles. The minimum Gasteiger partial charge on any atom is -0.368 e. The van der Waals surface area contributed by atoms with Gasteiger partial charge in [0.05, 0.1) is 15.5 Å². The van der Waals surface area contributed by atoms with E-state index in [1.54, 1.807) is 17.0 Å². The first-order valence-corrected chi connectivity index (χ1v) is 13.2. The summed E-state index contributed by atoms with van der Waals surface area (Å²) in [6.07, 6.45) is 4.13. The lowest BCUT2D eigenvalue weighted by Crippen LogP contribution is -2.53. The number of benzene rings is 2. The molecule has 2 N–H and O–H groups in total. The zero-order valence-corrected chi connectivity index (χ0v) is 19.6. The van der Waals surface area contributed by atoms with E-state index in [0.29, 0.717) is 12.8 Å². The van der Waals surface area contributed by atoms with Crippen molar-refractivity contribution in [2.75, 3.05) is 6.26 Å². The molecule has 0 spiro atoms. The van der Waals surface area contributed by atoms with Crippen molar-refractivity contribution >= 4 is 33.3 Å². The van der Waals surface area contributed by atoms with E-state index in [2.05, 4.69) is 0 Å². The highest BCUT2D eigenvalue weighted by molar-refractivity contribution is 7.90. The molecule has 1 aliphatic heterocycles. The van der Waals surface area contributed by atoms with Crippen LogP contribution >= 0.6 is 11.6 Å². The number of hydrogen-bond donors (Lipinski definition) is 1. The Morgan fingerprint density at radius 2 is 1.94 bits per heavy atom. The van der Waals surface area contributed by atoms with Gasteiger partial charge in [0.25, 0.3) is 5.91 Å². The summed E-state index contributed by atoms with van der Waals surface area (Å²) in [5.74, 6) is -1.35. The smallest absolute Gasteiger partial charge is 0.255 e. The molecule has 3 aliphatic rings. The lowest BCUT2D eigenvalue weighted by molar-refractivity contribution is -0.122. The number of carbonyl (C=O) groups is 2. The number of hydrogen-bond acceptors (Lipinski definition) is 4. The number of primary amides is 1. The first kappa shape index (κ1) is 22.3. The molecule has 6 nitrogen and oxygen atoms in total. The summed E-state index contributed by atoms with van der Waals surface area (Å²) in [7, 11) is -3.52. The molecule has 2 aromatic rings. The van der Waals surface area contributed by atoms with E-state index >= 15 is 0 Å². The van der Waals surface area contributed by atoms with Crippen LogP contribution in [0.15, 0.2) is 47.4 Å². The van der Waals surface area contributed by atoms with Crippen LogP contribution in [0.25, 0.3) is 0 Å². The van der Waals surface area contributed by atoms with Crippen LogP contribution < -0.4 is 5.73 Å². The third kappa shape index (κ3) is 3.64. The Morgan fingerprint density at radius 3 is 2.55 bits per heavy atom. The van der Waals surface area contributed by atoms with E-state index in [0.717, 1.165) is 24.7 Å². The molecular formula is C24H24ClFN2O4S. The lowest BCUT2D eigenvalue weighted by Gasteiger charge is -2.38.